The largest absolute Gasteiger partial charge is 0.313 e. The van der Waals surface area contributed by atoms with Crippen molar-refractivity contribution in [3.63, 3.8) is 0 Å². The van der Waals surface area contributed by atoms with Crippen molar-refractivity contribution in [3.8, 4) is 0 Å². The van der Waals surface area contributed by atoms with Gasteiger partial charge >= 0.3 is 0 Å². The van der Waals surface area contributed by atoms with Gasteiger partial charge in [0.2, 0.25) is 0 Å². The molecule has 0 aliphatic carbocycles. The van der Waals surface area contributed by atoms with Crippen molar-refractivity contribution in [1.29, 1.82) is 0 Å². The van der Waals surface area contributed by atoms with Crippen LogP contribution in [0.4, 0.5) is 0 Å². The Morgan fingerprint density at radius 2 is 2.30 bits per heavy atom. The molecular weight excluding hydrogens is 266 g/mol. The fourth-order valence-corrected chi connectivity index (χ4v) is 3.42. The molecule has 4 heteroatoms. The molecule has 20 heavy (non-hydrogen) atoms. The van der Waals surface area contributed by atoms with Gasteiger partial charge in [0, 0.05) is 30.9 Å². The lowest BCUT2D eigenvalue weighted by Gasteiger charge is -2.18. The van der Waals surface area contributed by atoms with Crippen LogP contribution in [0.15, 0.2) is 29.6 Å². The number of fused-ring (bicyclic) bond motifs is 1. The average Bonchev–Trinajstić information content (AvgIpc) is 2.76. The minimum absolute atomic E-state index is 0.459. The maximum absolute atomic E-state index is 4.52. The highest BCUT2D eigenvalue weighted by atomic mass is 32.1. The van der Waals surface area contributed by atoms with Crippen LogP contribution in [-0.4, -0.2) is 18.1 Å². The molecule has 0 saturated carbocycles. The Labute approximate surface area is 124 Å². The van der Waals surface area contributed by atoms with Gasteiger partial charge in [-0.2, -0.15) is 0 Å². The van der Waals surface area contributed by atoms with E-state index < -0.39 is 0 Å². The summed E-state index contributed by atoms with van der Waals surface area (Å²) in [5, 5.41) is 10.5. The molecular formula is C16H21N3S. The van der Waals surface area contributed by atoms with Gasteiger partial charge in [0.25, 0.3) is 0 Å². The van der Waals surface area contributed by atoms with Gasteiger partial charge in [-0.3, -0.25) is 0 Å². The standard InChI is InChI=1S/C16H21N3S/c1-12-19-14(11-20-12)6-9-18-16-7-8-17-10-13-4-2-3-5-15(13)16/h2-5,11,16-18H,6-10H2,1H3. The molecule has 1 aromatic carbocycles. The van der Waals surface area contributed by atoms with Crippen molar-refractivity contribution in [1.82, 2.24) is 15.6 Å². The first-order valence-electron chi connectivity index (χ1n) is 7.26. The third-order valence-corrected chi connectivity index (χ3v) is 4.62. The van der Waals surface area contributed by atoms with E-state index in [1.807, 2.05) is 0 Å². The summed E-state index contributed by atoms with van der Waals surface area (Å²) < 4.78 is 0. The summed E-state index contributed by atoms with van der Waals surface area (Å²) in [6, 6.07) is 9.21. The van der Waals surface area contributed by atoms with Crippen molar-refractivity contribution in [2.24, 2.45) is 0 Å². The van der Waals surface area contributed by atoms with Crippen LogP contribution in [0.3, 0.4) is 0 Å². The van der Waals surface area contributed by atoms with E-state index in [1.54, 1.807) is 11.3 Å². The minimum atomic E-state index is 0.459. The molecule has 0 radical (unpaired) electrons. The summed E-state index contributed by atoms with van der Waals surface area (Å²) in [5.41, 5.74) is 4.08. The number of aryl methyl sites for hydroxylation is 1. The molecule has 2 aromatic rings. The Hall–Kier alpha value is -1.23. The maximum Gasteiger partial charge on any atom is 0.0897 e. The molecule has 0 amide bonds. The lowest BCUT2D eigenvalue weighted by molar-refractivity contribution is 0.498. The third-order valence-electron chi connectivity index (χ3n) is 3.79. The van der Waals surface area contributed by atoms with E-state index in [0.717, 1.165) is 37.5 Å². The van der Waals surface area contributed by atoms with Crippen molar-refractivity contribution >= 4 is 11.3 Å². The SMILES string of the molecule is Cc1nc(CCNC2CCNCc3ccccc32)cs1. The molecule has 106 valence electrons. The number of hydrogen-bond acceptors (Lipinski definition) is 4. The predicted molar refractivity (Wildman–Crippen MR) is 84.1 cm³/mol. The predicted octanol–water partition coefficient (Wildman–Crippen LogP) is 2.82. The van der Waals surface area contributed by atoms with Crippen LogP contribution >= 0.6 is 11.3 Å². The molecule has 1 atom stereocenters. The molecule has 0 spiro atoms. The molecule has 2 N–H and O–H groups in total. The van der Waals surface area contributed by atoms with Gasteiger partial charge < -0.3 is 10.6 Å². The zero-order valence-corrected chi connectivity index (χ0v) is 12.7. The fraction of sp³-hybridized carbons (Fsp3) is 0.438. The van der Waals surface area contributed by atoms with Crippen LogP contribution in [0.2, 0.25) is 0 Å². The molecule has 0 fully saturated rings. The summed E-state index contributed by atoms with van der Waals surface area (Å²) in [4.78, 5) is 4.52. The van der Waals surface area contributed by atoms with E-state index in [1.165, 1.54) is 16.8 Å². The topological polar surface area (TPSA) is 37.0 Å². The third kappa shape index (κ3) is 3.26. The van der Waals surface area contributed by atoms with Crippen LogP contribution < -0.4 is 10.6 Å². The van der Waals surface area contributed by atoms with Gasteiger partial charge in [0.05, 0.1) is 10.7 Å². The number of nitrogens with zero attached hydrogens (tertiary/aromatic N) is 1. The maximum atomic E-state index is 4.52. The van der Waals surface area contributed by atoms with E-state index in [-0.39, 0.29) is 0 Å². The van der Waals surface area contributed by atoms with E-state index >= 15 is 0 Å². The Balaban J connectivity index is 1.62. The Bertz CT molecular complexity index is 564. The first-order valence-corrected chi connectivity index (χ1v) is 8.14. The second-order valence-electron chi connectivity index (χ2n) is 5.28. The highest BCUT2D eigenvalue weighted by Crippen LogP contribution is 2.23. The normalized spacial score (nSPS) is 18.6. The molecule has 3 rings (SSSR count). The van der Waals surface area contributed by atoms with Crippen molar-refractivity contribution in [2.75, 3.05) is 13.1 Å². The van der Waals surface area contributed by atoms with Crippen LogP contribution in [-0.2, 0) is 13.0 Å². The zero-order chi connectivity index (χ0) is 13.8. The second-order valence-corrected chi connectivity index (χ2v) is 6.34. The lowest BCUT2D eigenvalue weighted by Crippen LogP contribution is -2.25. The van der Waals surface area contributed by atoms with Crippen LogP contribution in [0.1, 0.15) is 34.3 Å². The Kier molecular flexibility index (Phi) is 4.45. The molecule has 3 nitrogen and oxygen atoms in total. The number of rotatable bonds is 4. The van der Waals surface area contributed by atoms with Gasteiger partial charge in [0.15, 0.2) is 0 Å². The first-order chi connectivity index (χ1) is 9.83. The zero-order valence-electron chi connectivity index (χ0n) is 11.9. The molecule has 1 aliphatic rings. The molecule has 0 saturated heterocycles. The quantitative estimate of drug-likeness (QED) is 0.908. The number of thiazole rings is 1. The van der Waals surface area contributed by atoms with E-state index in [9.17, 15) is 0 Å². The van der Waals surface area contributed by atoms with Gasteiger partial charge in [-0.05, 0) is 31.0 Å². The Morgan fingerprint density at radius 3 is 3.15 bits per heavy atom. The van der Waals surface area contributed by atoms with E-state index in [2.05, 4.69) is 52.2 Å². The van der Waals surface area contributed by atoms with Gasteiger partial charge in [-0.25, -0.2) is 4.98 Å². The molecule has 1 unspecified atom stereocenters. The van der Waals surface area contributed by atoms with Crippen LogP contribution in [0.5, 0.6) is 0 Å². The van der Waals surface area contributed by atoms with Crippen LogP contribution in [0, 0.1) is 6.92 Å². The molecule has 1 aromatic heterocycles. The molecule has 2 heterocycles. The first kappa shape index (κ1) is 13.7. The molecule has 0 bridgehead atoms. The van der Waals surface area contributed by atoms with Crippen molar-refractivity contribution in [3.05, 3.63) is 51.5 Å². The summed E-state index contributed by atoms with van der Waals surface area (Å²) in [7, 11) is 0. The highest BCUT2D eigenvalue weighted by molar-refractivity contribution is 7.09. The second kappa shape index (κ2) is 6.48. The van der Waals surface area contributed by atoms with E-state index in [0.29, 0.717) is 6.04 Å². The number of hydrogen-bond donors (Lipinski definition) is 2. The highest BCUT2D eigenvalue weighted by Gasteiger charge is 2.17. The lowest BCUT2D eigenvalue weighted by atomic mass is 9.99. The minimum Gasteiger partial charge on any atom is -0.313 e. The number of nitrogens with one attached hydrogen (secondary N) is 2. The summed E-state index contributed by atoms with van der Waals surface area (Å²) in [6.07, 6.45) is 2.16. The summed E-state index contributed by atoms with van der Waals surface area (Å²) >= 11 is 1.73. The molecule has 1 aliphatic heterocycles. The van der Waals surface area contributed by atoms with Crippen molar-refractivity contribution in [2.45, 2.75) is 32.4 Å². The smallest absolute Gasteiger partial charge is 0.0897 e. The van der Waals surface area contributed by atoms with E-state index in [4.69, 9.17) is 0 Å². The summed E-state index contributed by atoms with van der Waals surface area (Å²) in [5.74, 6) is 0. The monoisotopic (exact) mass is 287 g/mol. The fourth-order valence-electron chi connectivity index (χ4n) is 2.77. The van der Waals surface area contributed by atoms with Gasteiger partial charge in [0.1, 0.15) is 0 Å². The van der Waals surface area contributed by atoms with Crippen molar-refractivity contribution < 1.29 is 0 Å². The summed E-state index contributed by atoms with van der Waals surface area (Å²) in [6.45, 7) is 5.11. The Morgan fingerprint density at radius 1 is 1.40 bits per heavy atom. The van der Waals surface area contributed by atoms with Crippen LogP contribution in [0.25, 0.3) is 0 Å². The van der Waals surface area contributed by atoms with Gasteiger partial charge in [-0.1, -0.05) is 24.3 Å². The number of aromatic nitrogens is 1. The number of benzene rings is 1. The van der Waals surface area contributed by atoms with Gasteiger partial charge in [-0.15, -0.1) is 11.3 Å². The average molecular weight is 287 g/mol.